The molecule has 0 atom stereocenters. The van der Waals surface area contributed by atoms with E-state index in [1.54, 1.807) is 29.2 Å². The van der Waals surface area contributed by atoms with Gasteiger partial charge >= 0.3 is 11.7 Å². The van der Waals surface area contributed by atoms with Gasteiger partial charge in [-0.05, 0) is 35.4 Å². The molecule has 172 valence electrons. The molecule has 10 nitrogen and oxygen atoms in total. The molecule has 0 saturated carbocycles. The number of rotatable bonds is 10. The zero-order valence-electron chi connectivity index (χ0n) is 18.0. The number of anilines is 2. The number of carboxylic acids is 1. The first kappa shape index (κ1) is 22.5. The van der Waals surface area contributed by atoms with Crippen LogP contribution in [-0.4, -0.2) is 26.0 Å². The summed E-state index contributed by atoms with van der Waals surface area (Å²) in [6.45, 7) is 0.799. The number of carbonyl (C=O) groups is 1. The summed E-state index contributed by atoms with van der Waals surface area (Å²) in [5.41, 5.74) is 1.60. The molecule has 0 saturated heterocycles. The van der Waals surface area contributed by atoms with Crippen molar-refractivity contribution in [2.75, 3.05) is 10.2 Å². The van der Waals surface area contributed by atoms with Gasteiger partial charge in [-0.25, -0.2) is 14.8 Å². The minimum Gasteiger partial charge on any atom is -0.478 e. The zero-order valence-corrected chi connectivity index (χ0v) is 18.0. The molecule has 0 aliphatic rings. The molecule has 0 spiro atoms. The van der Waals surface area contributed by atoms with E-state index < -0.39 is 10.9 Å². The lowest BCUT2D eigenvalue weighted by molar-refractivity contribution is -0.383. The van der Waals surface area contributed by atoms with Crippen LogP contribution in [0.15, 0.2) is 83.7 Å². The van der Waals surface area contributed by atoms with Crippen molar-refractivity contribution in [1.29, 1.82) is 0 Å². The number of benzene rings is 2. The van der Waals surface area contributed by atoms with Gasteiger partial charge in [0.15, 0.2) is 0 Å². The third-order valence-corrected chi connectivity index (χ3v) is 5.09. The Bertz CT molecular complexity index is 1260. The maximum Gasteiger partial charge on any atom is 0.353 e. The number of nitrogens with one attached hydrogen (secondary N) is 1. The fraction of sp³-hybridized carbons (Fsp3) is 0.125. The Hall–Kier alpha value is -4.73. The van der Waals surface area contributed by atoms with Crippen molar-refractivity contribution in [3.8, 4) is 0 Å². The molecule has 2 N–H and O–H groups in total. The number of aromatic carboxylic acids is 1. The lowest BCUT2D eigenvalue weighted by Gasteiger charge is -2.23. The maximum absolute atomic E-state index is 12.1. The van der Waals surface area contributed by atoms with E-state index in [1.165, 1.54) is 24.7 Å². The molecule has 0 radical (unpaired) electrons. The van der Waals surface area contributed by atoms with Crippen molar-refractivity contribution in [3.05, 3.63) is 112 Å². The Morgan fingerprint density at radius 2 is 1.76 bits per heavy atom. The number of hydrogen-bond acceptors (Lipinski definition) is 8. The van der Waals surface area contributed by atoms with Crippen molar-refractivity contribution < 1.29 is 19.2 Å². The van der Waals surface area contributed by atoms with Crippen LogP contribution in [0, 0.1) is 10.1 Å². The van der Waals surface area contributed by atoms with Crippen LogP contribution in [-0.2, 0) is 19.6 Å². The third kappa shape index (κ3) is 5.36. The van der Waals surface area contributed by atoms with Gasteiger partial charge in [-0.15, -0.1) is 0 Å². The van der Waals surface area contributed by atoms with E-state index in [9.17, 15) is 14.9 Å². The summed E-state index contributed by atoms with van der Waals surface area (Å²) in [5, 5.41) is 24.3. The topological polar surface area (TPSA) is 135 Å². The second-order valence-electron chi connectivity index (χ2n) is 7.43. The van der Waals surface area contributed by atoms with Gasteiger partial charge in [0.1, 0.15) is 12.1 Å². The highest BCUT2D eigenvalue weighted by Crippen LogP contribution is 2.34. The SMILES string of the molecule is O=C(O)c1ccc(CN(Cc2ccco2)c2ncnc(NCc3ccccc3)c2[N+](=O)[O-])cc1. The van der Waals surface area contributed by atoms with Crippen LogP contribution in [0.3, 0.4) is 0 Å². The molecule has 0 amide bonds. The van der Waals surface area contributed by atoms with Crippen LogP contribution in [0.5, 0.6) is 0 Å². The monoisotopic (exact) mass is 459 g/mol. The van der Waals surface area contributed by atoms with E-state index in [0.717, 1.165) is 11.1 Å². The summed E-state index contributed by atoms with van der Waals surface area (Å²) in [7, 11) is 0. The van der Waals surface area contributed by atoms with Crippen molar-refractivity contribution in [1.82, 2.24) is 9.97 Å². The first-order chi connectivity index (χ1) is 16.5. The number of nitro groups is 1. The predicted octanol–water partition coefficient (Wildman–Crippen LogP) is 4.49. The Balaban J connectivity index is 1.67. The molecule has 0 fully saturated rings. The summed E-state index contributed by atoms with van der Waals surface area (Å²) in [6, 6.07) is 19.3. The summed E-state index contributed by atoms with van der Waals surface area (Å²) in [6.07, 6.45) is 2.80. The average molecular weight is 459 g/mol. The van der Waals surface area contributed by atoms with Crippen LogP contribution in [0.4, 0.5) is 17.3 Å². The predicted molar refractivity (Wildman–Crippen MR) is 124 cm³/mol. The van der Waals surface area contributed by atoms with Crippen LogP contribution in [0.25, 0.3) is 0 Å². The molecule has 0 unspecified atom stereocenters. The largest absolute Gasteiger partial charge is 0.478 e. The van der Waals surface area contributed by atoms with Crippen molar-refractivity contribution >= 4 is 23.3 Å². The molecule has 34 heavy (non-hydrogen) atoms. The lowest BCUT2D eigenvalue weighted by Crippen LogP contribution is -2.24. The maximum atomic E-state index is 12.1. The van der Waals surface area contributed by atoms with Crippen LogP contribution >= 0.6 is 0 Å². The van der Waals surface area contributed by atoms with Gasteiger partial charge in [-0.2, -0.15) is 0 Å². The van der Waals surface area contributed by atoms with Crippen LogP contribution in [0.2, 0.25) is 0 Å². The van der Waals surface area contributed by atoms with Gasteiger partial charge in [0.2, 0.25) is 11.6 Å². The highest BCUT2D eigenvalue weighted by molar-refractivity contribution is 5.87. The summed E-state index contributed by atoms with van der Waals surface area (Å²) in [5.74, 6) is -0.216. The second-order valence-corrected chi connectivity index (χ2v) is 7.43. The fourth-order valence-corrected chi connectivity index (χ4v) is 3.45. The highest BCUT2D eigenvalue weighted by Gasteiger charge is 2.28. The van der Waals surface area contributed by atoms with Crippen molar-refractivity contribution in [2.45, 2.75) is 19.6 Å². The molecule has 0 bridgehead atoms. The van der Waals surface area contributed by atoms with E-state index in [2.05, 4.69) is 15.3 Å². The van der Waals surface area contributed by atoms with Crippen LogP contribution < -0.4 is 10.2 Å². The van der Waals surface area contributed by atoms with Gasteiger partial charge in [-0.1, -0.05) is 42.5 Å². The number of aromatic nitrogens is 2. The van der Waals surface area contributed by atoms with Crippen molar-refractivity contribution in [2.24, 2.45) is 0 Å². The summed E-state index contributed by atoms with van der Waals surface area (Å²) in [4.78, 5) is 32.8. The standard InChI is InChI=1S/C24H21N5O5/c30-24(31)19-10-8-18(9-11-19)14-28(15-20-7-4-12-34-20)23-21(29(32)33)22(26-16-27-23)25-13-17-5-2-1-3-6-17/h1-12,16H,13-15H2,(H,30,31)(H,25,26,27). The van der Waals surface area contributed by atoms with Gasteiger partial charge in [0.25, 0.3) is 0 Å². The quantitative estimate of drug-likeness (QED) is 0.260. The molecule has 10 heteroatoms. The van der Waals surface area contributed by atoms with E-state index in [0.29, 0.717) is 12.3 Å². The lowest BCUT2D eigenvalue weighted by atomic mass is 10.1. The van der Waals surface area contributed by atoms with Gasteiger partial charge < -0.3 is 19.7 Å². The Kier molecular flexibility index (Phi) is 6.78. The van der Waals surface area contributed by atoms with Crippen LogP contribution in [0.1, 0.15) is 27.2 Å². The fourth-order valence-electron chi connectivity index (χ4n) is 3.45. The molecular weight excluding hydrogens is 438 g/mol. The average Bonchev–Trinajstić information content (AvgIpc) is 3.36. The molecule has 4 aromatic rings. The molecule has 2 aromatic carbocycles. The normalized spacial score (nSPS) is 10.6. The number of furan rings is 1. The highest BCUT2D eigenvalue weighted by atomic mass is 16.6. The molecule has 2 heterocycles. The van der Waals surface area contributed by atoms with E-state index in [1.807, 2.05) is 30.3 Å². The zero-order chi connectivity index (χ0) is 23.9. The van der Waals surface area contributed by atoms with Crippen molar-refractivity contribution in [3.63, 3.8) is 0 Å². The van der Waals surface area contributed by atoms with Gasteiger partial charge in [0, 0.05) is 13.1 Å². The molecule has 2 aromatic heterocycles. The number of hydrogen-bond donors (Lipinski definition) is 2. The minimum atomic E-state index is -1.03. The minimum absolute atomic E-state index is 0.101. The van der Waals surface area contributed by atoms with Gasteiger partial charge in [-0.3, -0.25) is 10.1 Å². The second kappa shape index (κ2) is 10.3. The third-order valence-electron chi connectivity index (χ3n) is 5.09. The van der Waals surface area contributed by atoms with E-state index in [4.69, 9.17) is 9.52 Å². The smallest absolute Gasteiger partial charge is 0.353 e. The Labute approximate surface area is 194 Å². The summed E-state index contributed by atoms with van der Waals surface area (Å²) >= 11 is 0. The first-order valence-electron chi connectivity index (χ1n) is 10.4. The number of carboxylic acid groups (broad SMARTS) is 1. The Morgan fingerprint density at radius 3 is 2.41 bits per heavy atom. The molecule has 4 rings (SSSR count). The summed E-state index contributed by atoms with van der Waals surface area (Å²) < 4.78 is 5.46. The molecule has 0 aliphatic carbocycles. The molecular formula is C24H21N5O5. The number of nitrogens with zero attached hydrogens (tertiary/aromatic N) is 4. The molecule has 0 aliphatic heterocycles. The van der Waals surface area contributed by atoms with Gasteiger partial charge in [0.05, 0.1) is 23.3 Å². The Morgan fingerprint density at radius 1 is 1.00 bits per heavy atom. The van der Waals surface area contributed by atoms with E-state index >= 15 is 0 Å². The first-order valence-corrected chi connectivity index (χ1v) is 10.4. The van der Waals surface area contributed by atoms with E-state index in [-0.39, 0.29) is 36.0 Å².